The van der Waals surface area contributed by atoms with Crippen molar-refractivity contribution in [3.63, 3.8) is 0 Å². The topological polar surface area (TPSA) is 57.8 Å². The number of H-pyrrole nitrogens is 1. The number of hydrogen-bond donors (Lipinski definition) is 2. The van der Waals surface area contributed by atoms with Crippen LogP contribution >= 0.6 is 0 Å². The molecule has 2 N–H and O–H groups in total. The lowest BCUT2D eigenvalue weighted by atomic mass is 9.99. The van der Waals surface area contributed by atoms with Crippen molar-refractivity contribution in [1.29, 1.82) is 0 Å². The first-order chi connectivity index (χ1) is 12.8. The fourth-order valence-corrected chi connectivity index (χ4v) is 3.44. The van der Waals surface area contributed by atoms with Crippen molar-refractivity contribution in [3.05, 3.63) is 84.3 Å². The molecular weight excluding hydrogens is 322 g/mol. The predicted octanol–water partition coefficient (Wildman–Crippen LogP) is 4.72. The molecule has 5 rings (SSSR count). The molecule has 0 saturated heterocycles. The summed E-state index contributed by atoms with van der Waals surface area (Å²) in [7, 11) is 0. The number of amides is 1. The number of aromatic amines is 1. The number of carbonyl (C=O) groups excluding carboxylic acids is 1. The summed E-state index contributed by atoms with van der Waals surface area (Å²) in [4.78, 5) is 20.0. The van der Waals surface area contributed by atoms with Crippen molar-refractivity contribution in [2.75, 3.05) is 5.32 Å². The van der Waals surface area contributed by atoms with Crippen LogP contribution in [-0.4, -0.2) is 15.9 Å². The quantitative estimate of drug-likeness (QED) is 0.520. The lowest BCUT2D eigenvalue weighted by Gasteiger charge is -2.04. The zero-order valence-corrected chi connectivity index (χ0v) is 13.9. The molecule has 4 nitrogen and oxygen atoms in total. The van der Waals surface area contributed by atoms with Crippen molar-refractivity contribution < 1.29 is 4.79 Å². The van der Waals surface area contributed by atoms with E-state index in [0.717, 1.165) is 38.8 Å². The molecule has 0 saturated carbocycles. The summed E-state index contributed by atoms with van der Waals surface area (Å²) in [6, 6.07) is 18.0. The summed E-state index contributed by atoms with van der Waals surface area (Å²) in [5.74, 6) is -0.0769. The van der Waals surface area contributed by atoms with Gasteiger partial charge in [0.05, 0.1) is 5.52 Å². The highest BCUT2D eigenvalue weighted by molar-refractivity contribution is 6.35. The molecule has 1 amide bonds. The third-order valence-electron chi connectivity index (χ3n) is 4.72. The van der Waals surface area contributed by atoms with Crippen LogP contribution in [0.4, 0.5) is 5.69 Å². The Kier molecular flexibility index (Phi) is 3.22. The molecule has 1 aliphatic heterocycles. The summed E-state index contributed by atoms with van der Waals surface area (Å²) >= 11 is 0. The highest BCUT2D eigenvalue weighted by Crippen LogP contribution is 2.36. The first-order valence-electron chi connectivity index (χ1n) is 8.43. The molecule has 124 valence electrons. The molecule has 0 bridgehead atoms. The van der Waals surface area contributed by atoms with Crippen LogP contribution in [0.15, 0.2) is 73.2 Å². The van der Waals surface area contributed by atoms with E-state index >= 15 is 0 Å². The lowest BCUT2D eigenvalue weighted by Crippen LogP contribution is -2.03. The maximum atomic E-state index is 12.6. The number of pyridine rings is 1. The van der Waals surface area contributed by atoms with Crippen LogP contribution in [0.3, 0.4) is 0 Å². The highest BCUT2D eigenvalue weighted by atomic mass is 16.2. The van der Waals surface area contributed by atoms with Gasteiger partial charge in [0.2, 0.25) is 0 Å². The van der Waals surface area contributed by atoms with E-state index in [1.165, 1.54) is 0 Å². The normalized spacial score (nSPS) is 14.6. The molecule has 0 unspecified atom stereocenters. The van der Waals surface area contributed by atoms with E-state index in [2.05, 4.69) is 21.4 Å². The molecule has 2 aromatic heterocycles. The number of rotatable bonds is 2. The van der Waals surface area contributed by atoms with Crippen LogP contribution in [0.5, 0.6) is 0 Å². The Morgan fingerprint density at radius 1 is 0.962 bits per heavy atom. The van der Waals surface area contributed by atoms with Crippen LogP contribution in [-0.2, 0) is 4.79 Å². The fourth-order valence-electron chi connectivity index (χ4n) is 3.44. The molecule has 0 radical (unpaired) electrons. The maximum Gasteiger partial charge on any atom is 0.256 e. The number of anilines is 1. The first kappa shape index (κ1) is 14.7. The van der Waals surface area contributed by atoms with Gasteiger partial charge in [0.15, 0.2) is 0 Å². The van der Waals surface area contributed by atoms with Gasteiger partial charge in [0.1, 0.15) is 0 Å². The Balaban J connectivity index is 1.61. The Morgan fingerprint density at radius 2 is 1.92 bits per heavy atom. The van der Waals surface area contributed by atoms with Crippen LogP contribution in [0.1, 0.15) is 11.1 Å². The number of para-hydroxylation sites is 1. The van der Waals surface area contributed by atoms with E-state index in [1.807, 2.05) is 67.0 Å². The highest BCUT2D eigenvalue weighted by Gasteiger charge is 2.24. The Morgan fingerprint density at radius 3 is 2.81 bits per heavy atom. The van der Waals surface area contributed by atoms with Crippen molar-refractivity contribution in [2.45, 2.75) is 0 Å². The van der Waals surface area contributed by atoms with Gasteiger partial charge in [-0.3, -0.25) is 9.78 Å². The number of hydrogen-bond acceptors (Lipinski definition) is 2. The zero-order valence-electron chi connectivity index (χ0n) is 13.9. The largest absolute Gasteiger partial charge is 0.361 e. The van der Waals surface area contributed by atoms with Crippen molar-refractivity contribution >= 4 is 34.1 Å². The number of benzene rings is 2. The Labute approximate surface area is 150 Å². The van der Waals surface area contributed by atoms with Crippen LogP contribution < -0.4 is 5.32 Å². The monoisotopic (exact) mass is 337 g/mol. The van der Waals surface area contributed by atoms with Gasteiger partial charge in [0, 0.05) is 41.0 Å². The fraction of sp³-hybridized carbons (Fsp3) is 0. The van der Waals surface area contributed by atoms with E-state index in [-0.39, 0.29) is 5.91 Å². The van der Waals surface area contributed by atoms with Crippen molar-refractivity contribution in [2.24, 2.45) is 0 Å². The average molecular weight is 337 g/mol. The minimum Gasteiger partial charge on any atom is -0.361 e. The van der Waals surface area contributed by atoms with Gasteiger partial charge >= 0.3 is 0 Å². The number of fused-ring (bicyclic) bond motifs is 2. The van der Waals surface area contributed by atoms with Gasteiger partial charge < -0.3 is 10.3 Å². The van der Waals surface area contributed by atoms with Crippen molar-refractivity contribution in [1.82, 2.24) is 9.97 Å². The summed E-state index contributed by atoms with van der Waals surface area (Å²) in [6.45, 7) is 0. The number of nitrogens with one attached hydrogen (secondary N) is 2. The summed E-state index contributed by atoms with van der Waals surface area (Å²) in [5.41, 5.74) is 6.53. The molecule has 0 spiro atoms. The SMILES string of the molecule is O=C1Nc2cc(-c3cccnc3)ccc2/C1=C\c1cccc2cc[nH]c12. The standard InChI is InChI=1S/C22H15N3O/c26-22-19(11-16-4-1-3-14-8-10-24-21(14)16)18-7-6-15(12-20(18)25-22)17-5-2-9-23-13-17/h1-13,24H,(H,25,26)/b19-11+. The molecule has 3 heterocycles. The van der Waals surface area contributed by atoms with Gasteiger partial charge in [-0.15, -0.1) is 0 Å². The van der Waals surface area contributed by atoms with E-state index in [9.17, 15) is 4.79 Å². The molecule has 2 aromatic carbocycles. The smallest absolute Gasteiger partial charge is 0.256 e. The zero-order chi connectivity index (χ0) is 17.5. The second-order valence-electron chi connectivity index (χ2n) is 6.30. The lowest BCUT2D eigenvalue weighted by molar-refractivity contribution is -0.110. The van der Waals surface area contributed by atoms with Gasteiger partial charge in [-0.05, 0) is 40.8 Å². The average Bonchev–Trinajstić information content (AvgIpc) is 3.27. The van der Waals surface area contributed by atoms with Crippen LogP contribution in [0.2, 0.25) is 0 Å². The van der Waals surface area contributed by atoms with E-state index in [1.54, 1.807) is 6.20 Å². The maximum absolute atomic E-state index is 12.6. The summed E-state index contributed by atoms with van der Waals surface area (Å²) in [6.07, 6.45) is 7.43. The molecular formula is C22H15N3O. The van der Waals surface area contributed by atoms with E-state index in [4.69, 9.17) is 0 Å². The van der Waals surface area contributed by atoms with Crippen LogP contribution in [0.25, 0.3) is 33.7 Å². The molecule has 1 aliphatic rings. The predicted molar refractivity (Wildman–Crippen MR) is 104 cm³/mol. The number of carbonyl (C=O) groups is 1. The van der Waals surface area contributed by atoms with Gasteiger partial charge in [0.25, 0.3) is 5.91 Å². The third kappa shape index (κ3) is 2.31. The molecule has 0 atom stereocenters. The molecule has 0 aliphatic carbocycles. The van der Waals surface area contributed by atoms with Gasteiger partial charge in [-0.25, -0.2) is 0 Å². The van der Waals surface area contributed by atoms with Crippen LogP contribution in [0, 0.1) is 0 Å². The molecule has 4 aromatic rings. The third-order valence-corrected chi connectivity index (χ3v) is 4.72. The minimum atomic E-state index is -0.0769. The van der Waals surface area contributed by atoms with E-state index in [0.29, 0.717) is 5.57 Å². The second kappa shape index (κ2) is 5.70. The second-order valence-corrected chi connectivity index (χ2v) is 6.30. The molecule has 26 heavy (non-hydrogen) atoms. The summed E-state index contributed by atoms with van der Waals surface area (Å²) in [5, 5.41) is 4.11. The Bertz CT molecular complexity index is 1170. The van der Waals surface area contributed by atoms with Gasteiger partial charge in [-0.1, -0.05) is 36.4 Å². The first-order valence-corrected chi connectivity index (χ1v) is 8.43. The van der Waals surface area contributed by atoms with Crippen molar-refractivity contribution in [3.8, 4) is 11.1 Å². The van der Waals surface area contributed by atoms with E-state index < -0.39 is 0 Å². The minimum absolute atomic E-state index is 0.0769. The molecule has 4 heteroatoms. The summed E-state index contributed by atoms with van der Waals surface area (Å²) < 4.78 is 0. The number of nitrogens with zero attached hydrogens (tertiary/aromatic N) is 1. The number of aromatic nitrogens is 2. The Hall–Kier alpha value is -3.66. The molecule has 0 fully saturated rings. The van der Waals surface area contributed by atoms with Gasteiger partial charge in [-0.2, -0.15) is 0 Å².